The highest BCUT2D eigenvalue weighted by molar-refractivity contribution is 6.31. The van der Waals surface area contributed by atoms with Crippen LogP contribution in [0.3, 0.4) is 0 Å². The molecule has 36 heavy (non-hydrogen) atoms. The van der Waals surface area contributed by atoms with Crippen LogP contribution in [0.4, 0.5) is 17.3 Å². The van der Waals surface area contributed by atoms with Crippen molar-refractivity contribution in [1.29, 1.82) is 5.26 Å². The Labute approximate surface area is 215 Å². The maximum atomic E-state index is 9.99. The molecule has 0 saturated carbocycles. The van der Waals surface area contributed by atoms with Gasteiger partial charge in [-0.05, 0) is 60.2 Å². The molecule has 1 saturated heterocycles. The monoisotopic (exact) mass is 505 g/mol. The topological polar surface area (TPSA) is 112 Å². The van der Waals surface area contributed by atoms with Crippen molar-refractivity contribution in [3.63, 3.8) is 0 Å². The first kappa shape index (κ1) is 24.3. The number of methoxy groups -OCH3 is 1. The van der Waals surface area contributed by atoms with Crippen LogP contribution in [0.15, 0.2) is 36.5 Å². The van der Waals surface area contributed by atoms with Gasteiger partial charge in [0.05, 0.1) is 36.3 Å². The molecule has 3 N–H and O–H groups in total. The summed E-state index contributed by atoms with van der Waals surface area (Å²) < 4.78 is 11.1. The summed E-state index contributed by atoms with van der Waals surface area (Å²) in [7, 11) is 1.62. The number of nitrogens with one attached hydrogen (secondary N) is 2. The summed E-state index contributed by atoms with van der Waals surface area (Å²) in [5.74, 6) is 1.37. The minimum Gasteiger partial charge on any atom is -0.495 e. The molecule has 3 heterocycles. The smallest absolute Gasteiger partial charge is 0.227 e. The number of halogens is 1. The summed E-state index contributed by atoms with van der Waals surface area (Å²) in [5.41, 5.74) is 4.88. The lowest BCUT2D eigenvalue weighted by Crippen LogP contribution is -2.28. The van der Waals surface area contributed by atoms with Crippen LogP contribution in [-0.4, -0.2) is 48.5 Å². The highest BCUT2D eigenvalue weighted by Gasteiger charge is 2.36. The number of hydrogen-bond donors (Lipinski definition) is 3. The van der Waals surface area contributed by atoms with Crippen LogP contribution in [0.25, 0.3) is 11.3 Å². The number of anilines is 3. The van der Waals surface area contributed by atoms with Crippen LogP contribution in [0.2, 0.25) is 5.02 Å². The van der Waals surface area contributed by atoms with Gasteiger partial charge < -0.3 is 25.2 Å². The first-order valence-electron chi connectivity index (χ1n) is 11.9. The van der Waals surface area contributed by atoms with E-state index >= 15 is 0 Å². The van der Waals surface area contributed by atoms with Gasteiger partial charge in [-0.1, -0.05) is 18.5 Å². The minimum atomic E-state index is -0.471. The maximum Gasteiger partial charge on any atom is 0.227 e. The molecule has 0 aliphatic carbocycles. The number of nitriles is 1. The van der Waals surface area contributed by atoms with Crippen molar-refractivity contribution in [2.75, 3.05) is 44.1 Å². The van der Waals surface area contributed by atoms with Crippen LogP contribution in [0, 0.1) is 11.3 Å². The first-order chi connectivity index (χ1) is 17.5. The molecule has 9 heteroatoms. The molecule has 0 spiro atoms. The van der Waals surface area contributed by atoms with Crippen LogP contribution in [0.5, 0.6) is 5.75 Å². The number of aliphatic hydroxyl groups excluding tert-OH is 1. The van der Waals surface area contributed by atoms with E-state index in [4.69, 9.17) is 26.1 Å². The van der Waals surface area contributed by atoms with E-state index in [0.29, 0.717) is 46.1 Å². The van der Waals surface area contributed by atoms with Gasteiger partial charge in [0.15, 0.2) is 0 Å². The summed E-state index contributed by atoms with van der Waals surface area (Å²) in [6.07, 6.45) is 3.52. The molecule has 0 bridgehead atoms. The number of fused-ring (bicyclic) bond motifs is 1. The fraction of sp³-hybridized carbons (Fsp3) is 0.370. The Morgan fingerprint density at radius 2 is 2.11 bits per heavy atom. The molecule has 2 aliphatic rings. The zero-order valence-corrected chi connectivity index (χ0v) is 21.0. The molecule has 186 valence electrons. The van der Waals surface area contributed by atoms with Crippen molar-refractivity contribution >= 4 is 28.9 Å². The molecule has 2 aliphatic heterocycles. The number of hydrogen-bond acceptors (Lipinski definition) is 8. The molecule has 3 aromatic rings. The third-order valence-electron chi connectivity index (χ3n) is 7.09. The molecular weight excluding hydrogens is 478 g/mol. The SMILES string of the molecule is COc1cc(C2CCOCC2)c(Cl)cc1Nc1nccc(-c2cc(C#N)c3c(c2)[C@@](C)(CO)CN3)n1. The zero-order chi connectivity index (χ0) is 25.3. The van der Waals surface area contributed by atoms with E-state index in [0.717, 1.165) is 48.4 Å². The van der Waals surface area contributed by atoms with Gasteiger partial charge in [-0.3, -0.25) is 0 Å². The summed E-state index contributed by atoms with van der Waals surface area (Å²) >= 11 is 6.68. The normalized spacial score (nSPS) is 19.3. The molecule has 2 aromatic carbocycles. The van der Waals surface area contributed by atoms with E-state index in [2.05, 4.69) is 21.7 Å². The molecule has 1 aromatic heterocycles. The lowest BCUT2D eigenvalue weighted by molar-refractivity contribution is 0.0853. The highest BCUT2D eigenvalue weighted by atomic mass is 35.5. The fourth-order valence-corrected chi connectivity index (χ4v) is 5.24. The van der Waals surface area contributed by atoms with Crippen molar-refractivity contribution in [2.45, 2.75) is 31.1 Å². The Hall–Kier alpha value is -3.38. The third-order valence-corrected chi connectivity index (χ3v) is 7.42. The number of rotatable bonds is 6. The second kappa shape index (κ2) is 9.94. The van der Waals surface area contributed by atoms with Gasteiger partial charge in [0.2, 0.25) is 5.95 Å². The average molecular weight is 506 g/mol. The predicted octanol–water partition coefficient (Wildman–Crippen LogP) is 4.99. The Kier molecular flexibility index (Phi) is 6.71. The predicted molar refractivity (Wildman–Crippen MR) is 139 cm³/mol. The van der Waals surface area contributed by atoms with Crippen molar-refractivity contribution in [3.05, 3.63) is 58.2 Å². The van der Waals surface area contributed by atoms with Crippen LogP contribution >= 0.6 is 11.6 Å². The number of nitrogens with zero attached hydrogens (tertiary/aromatic N) is 3. The second-order valence-corrected chi connectivity index (χ2v) is 9.89. The number of ether oxygens (including phenoxy) is 2. The summed E-state index contributed by atoms with van der Waals surface area (Å²) in [4.78, 5) is 9.08. The maximum absolute atomic E-state index is 9.99. The standard InChI is InChI=1S/C27H28ClN5O3/c1-27(15-34)14-31-25-18(13-29)9-17(10-20(25)27)22-3-6-30-26(32-22)33-23-12-21(28)19(11-24(23)35-2)16-4-7-36-8-5-16/h3,6,9-12,16,31,34H,4-5,7-8,14-15H2,1-2H3,(H,30,32,33)/t27-/m1/s1. The molecule has 1 fully saturated rings. The highest BCUT2D eigenvalue weighted by Crippen LogP contribution is 2.42. The molecule has 0 unspecified atom stereocenters. The lowest BCUT2D eigenvalue weighted by atomic mass is 9.83. The van der Waals surface area contributed by atoms with Crippen LogP contribution < -0.4 is 15.4 Å². The molecule has 0 amide bonds. The number of aromatic nitrogens is 2. The van der Waals surface area contributed by atoms with E-state index in [1.54, 1.807) is 25.4 Å². The third kappa shape index (κ3) is 4.46. The summed E-state index contributed by atoms with van der Waals surface area (Å²) in [5, 5.41) is 26.9. The first-order valence-corrected chi connectivity index (χ1v) is 12.3. The average Bonchev–Trinajstić information content (AvgIpc) is 3.26. The van der Waals surface area contributed by atoms with E-state index in [1.165, 1.54) is 0 Å². The molecule has 5 rings (SSSR count). The number of benzene rings is 2. The number of aliphatic hydroxyl groups is 1. The van der Waals surface area contributed by atoms with Gasteiger partial charge in [0, 0.05) is 42.0 Å². The van der Waals surface area contributed by atoms with Gasteiger partial charge in [-0.25, -0.2) is 9.97 Å². The fourth-order valence-electron chi connectivity index (χ4n) is 4.92. The van der Waals surface area contributed by atoms with Gasteiger partial charge in [-0.15, -0.1) is 0 Å². The van der Waals surface area contributed by atoms with Crippen LogP contribution in [-0.2, 0) is 10.2 Å². The second-order valence-electron chi connectivity index (χ2n) is 9.48. The van der Waals surface area contributed by atoms with Gasteiger partial charge in [-0.2, -0.15) is 5.26 Å². The molecule has 0 radical (unpaired) electrons. The summed E-state index contributed by atoms with van der Waals surface area (Å²) in [6.45, 7) is 3.98. The van der Waals surface area contributed by atoms with Gasteiger partial charge in [0.25, 0.3) is 0 Å². The van der Waals surface area contributed by atoms with Crippen molar-refractivity contribution in [2.24, 2.45) is 0 Å². The van der Waals surface area contributed by atoms with E-state index in [1.807, 2.05) is 25.1 Å². The zero-order valence-electron chi connectivity index (χ0n) is 20.3. The Morgan fingerprint density at radius 1 is 1.31 bits per heavy atom. The summed E-state index contributed by atoms with van der Waals surface area (Å²) in [6, 6.07) is 11.7. The van der Waals surface area contributed by atoms with Crippen molar-refractivity contribution in [1.82, 2.24) is 9.97 Å². The van der Waals surface area contributed by atoms with E-state index in [9.17, 15) is 10.4 Å². The minimum absolute atomic E-state index is 0.0255. The molecule has 8 nitrogen and oxygen atoms in total. The molecule has 1 atom stereocenters. The molecular formula is C27H28ClN5O3. The van der Waals surface area contributed by atoms with E-state index in [-0.39, 0.29) is 6.61 Å². The largest absolute Gasteiger partial charge is 0.495 e. The van der Waals surface area contributed by atoms with Crippen LogP contribution in [0.1, 0.15) is 42.4 Å². The van der Waals surface area contributed by atoms with Gasteiger partial charge in [0.1, 0.15) is 11.8 Å². The van der Waals surface area contributed by atoms with Crippen molar-refractivity contribution < 1.29 is 14.6 Å². The Balaban J connectivity index is 1.47. The Bertz CT molecular complexity index is 1340. The quantitative estimate of drug-likeness (QED) is 0.429. The van der Waals surface area contributed by atoms with Gasteiger partial charge >= 0.3 is 0 Å². The van der Waals surface area contributed by atoms with Crippen molar-refractivity contribution in [3.8, 4) is 23.1 Å². The Morgan fingerprint density at radius 3 is 2.83 bits per heavy atom. The lowest BCUT2D eigenvalue weighted by Gasteiger charge is -2.24. The van der Waals surface area contributed by atoms with E-state index < -0.39 is 5.41 Å².